The summed E-state index contributed by atoms with van der Waals surface area (Å²) in [5, 5.41) is 2.60. The van der Waals surface area contributed by atoms with Crippen LogP contribution in [0.5, 0.6) is 0 Å². The summed E-state index contributed by atoms with van der Waals surface area (Å²) >= 11 is 1.10. The number of thioether (sulfide) groups is 1. The SMILES string of the molecule is COC(=O)CCNC(=O)[C@@H]1O[P+](O)(OCCSC(=O)C(C)(C)C)OCC1(C)C. The highest BCUT2D eigenvalue weighted by atomic mass is 32.2. The Morgan fingerprint density at radius 2 is 1.96 bits per heavy atom. The van der Waals surface area contributed by atoms with Crippen LogP contribution in [0, 0.1) is 10.8 Å². The van der Waals surface area contributed by atoms with E-state index in [1.807, 2.05) is 20.8 Å². The number of hydrogen-bond acceptors (Lipinski definition) is 9. The van der Waals surface area contributed by atoms with E-state index in [1.54, 1.807) is 13.8 Å². The molecule has 0 aliphatic carbocycles. The zero-order valence-corrected chi connectivity index (χ0v) is 19.0. The van der Waals surface area contributed by atoms with Crippen molar-refractivity contribution in [1.29, 1.82) is 0 Å². The molecule has 1 heterocycles. The topological polar surface area (TPSA) is 120 Å². The summed E-state index contributed by atoms with van der Waals surface area (Å²) in [6.07, 6.45) is -0.984. The van der Waals surface area contributed by atoms with E-state index in [-0.39, 0.29) is 31.3 Å². The lowest BCUT2D eigenvalue weighted by molar-refractivity contribution is -0.144. The first-order valence-electron chi connectivity index (χ1n) is 8.92. The van der Waals surface area contributed by atoms with Crippen LogP contribution in [0.1, 0.15) is 41.0 Å². The first-order valence-corrected chi connectivity index (χ1v) is 11.4. The van der Waals surface area contributed by atoms with Gasteiger partial charge in [-0.05, 0) is 0 Å². The van der Waals surface area contributed by atoms with Crippen molar-refractivity contribution in [2.45, 2.75) is 47.1 Å². The molecule has 0 bridgehead atoms. The molecule has 0 saturated carbocycles. The Balaban J connectivity index is 2.57. The van der Waals surface area contributed by atoms with Crippen LogP contribution in [0.4, 0.5) is 0 Å². The second-order valence-electron chi connectivity index (χ2n) is 8.05. The van der Waals surface area contributed by atoms with Crippen LogP contribution in [0.2, 0.25) is 0 Å². The first kappa shape index (κ1) is 25.3. The van der Waals surface area contributed by atoms with Gasteiger partial charge in [-0.1, -0.05) is 46.4 Å². The third kappa shape index (κ3) is 7.93. The number of methoxy groups -OCH3 is 1. The molecule has 1 unspecified atom stereocenters. The molecule has 1 saturated heterocycles. The van der Waals surface area contributed by atoms with Gasteiger partial charge in [0.15, 0.2) is 11.2 Å². The molecule has 0 spiro atoms. The smallest absolute Gasteiger partial charge is 0.469 e. The summed E-state index contributed by atoms with van der Waals surface area (Å²) in [4.78, 5) is 46.0. The van der Waals surface area contributed by atoms with Gasteiger partial charge in [-0.15, -0.1) is 4.52 Å². The second kappa shape index (κ2) is 10.3. The molecule has 162 valence electrons. The summed E-state index contributed by atoms with van der Waals surface area (Å²) in [5.74, 6) is -0.594. The summed E-state index contributed by atoms with van der Waals surface area (Å²) in [7, 11) is -2.42. The summed E-state index contributed by atoms with van der Waals surface area (Å²) in [6.45, 7) is 9.17. The van der Waals surface area contributed by atoms with Gasteiger partial charge in [-0.2, -0.15) is 13.9 Å². The van der Waals surface area contributed by atoms with Crippen molar-refractivity contribution < 1.29 is 37.6 Å². The normalized spacial score (nSPS) is 24.5. The monoisotopic (exact) mass is 440 g/mol. The van der Waals surface area contributed by atoms with Crippen molar-refractivity contribution in [3.63, 3.8) is 0 Å². The number of carbonyl (C=O) groups is 3. The van der Waals surface area contributed by atoms with E-state index in [2.05, 4.69) is 10.1 Å². The summed E-state index contributed by atoms with van der Waals surface area (Å²) < 4.78 is 20.8. The lowest BCUT2D eigenvalue weighted by Crippen LogP contribution is -2.50. The highest BCUT2D eigenvalue weighted by Gasteiger charge is 2.59. The minimum absolute atomic E-state index is 0.0101. The fourth-order valence-electron chi connectivity index (χ4n) is 2.09. The van der Waals surface area contributed by atoms with E-state index in [0.29, 0.717) is 5.75 Å². The minimum Gasteiger partial charge on any atom is -0.469 e. The Hall–Kier alpha value is -0.770. The average molecular weight is 440 g/mol. The van der Waals surface area contributed by atoms with Gasteiger partial charge in [-0.25, -0.2) is 0 Å². The van der Waals surface area contributed by atoms with E-state index < -0.39 is 37.0 Å². The largest absolute Gasteiger partial charge is 0.573 e. The molecule has 1 aliphatic heterocycles. The molecule has 28 heavy (non-hydrogen) atoms. The predicted octanol–water partition coefficient (Wildman–Crippen LogP) is 2.10. The molecule has 1 aliphatic rings. The van der Waals surface area contributed by atoms with Gasteiger partial charge in [0.05, 0.1) is 13.5 Å². The number of amides is 1. The molecule has 1 fully saturated rings. The molecule has 9 nitrogen and oxygen atoms in total. The third-order valence-electron chi connectivity index (χ3n) is 3.83. The van der Waals surface area contributed by atoms with Crippen LogP contribution in [0.3, 0.4) is 0 Å². The molecule has 11 heteroatoms. The average Bonchev–Trinajstić information content (AvgIpc) is 2.60. The van der Waals surface area contributed by atoms with Crippen molar-refractivity contribution in [3.05, 3.63) is 0 Å². The molecular formula is C17H31NO8PS+. The highest BCUT2D eigenvalue weighted by molar-refractivity contribution is 8.13. The molecule has 1 rings (SSSR count). The Bertz CT molecular complexity index is 580. The van der Waals surface area contributed by atoms with E-state index in [0.717, 1.165) is 11.8 Å². The lowest BCUT2D eigenvalue weighted by atomic mass is 9.87. The van der Waals surface area contributed by atoms with Crippen molar-refractivity contribution in [2.24, 2.45) is 10.8 Å². The second-order valence-corrected chi connectivity index (χ2v) is 10.8. The Kier molecular flexibility index (Phi) is 9.31. The quantitative estimate of drug-likeness (QED) is 0.332. The van der Waals surface area contributed by atoms with Crippen molar-refractivity contribution >= 4 is 36.9 Å². The number of rotatable bonds is 8. The highest BCUT2D eigenvalue weighted by Crippen LogP contribution is 2.63. The summed E-state index contributed by atoms with van der Waals surface area (Å²) in [5.41, 5.74) is -1.17. The third-order valence-corrected chi connectivity index (χ3v) is 6.51. The van der Waals surface area contributed by atoms with Gasteiger partial charge in [0.2, 0.25) is 0 Å². The maximum atomic E-state index is 12.5. The molecule has 0 aromatic heterocycles. The van der Waals surface area contributed by atoms with Gasteiger partial charge in [0.1, 0.15) is 13.2 Å². The zero-order valence-electron chi connectivity index (χ0n) is 17.3. The minimum atomic E-state index is -3.69. The molecule has 0 radical (unpaired) electrons. The standard InChI is InChI=1S/C17H30NO8PS/c1-16(2,3)15(21)28-10-9-24-27(22)25-11-17(4,5)13(26-27)14(20)18-8-7-12(19)23-6/h13,22H,7-11H2,1-6H3/p+1/t13-,27?/m0/s1. The molecule has 2 atom stereocenters. The number of carbonyl (C=O) groups excluding carboxylic acids is 3. The van der Waals surface area contributed by atoms with Crippen LogP contribution in [-0.4, -0.2) is 60.6 Å². The van der Waals surface area contributed by atoms with Crippen LogP contribution in [-0.2, 0) is 32.7 Å². The number of nitrogens with one attached hydrogen (secondary N) is 1. The lowest BCUT2D eigenvalue weighted by Gasteiger charge is -2.36. The van der Waals surface area contributed by atoms with Crippen LogP contribution >= 0.6 is 19.9 Å². The van der Waals surface area contributed by atoms with E-state index >= 15 is 0 Å². The van der Waals surface area contributed by atoms with Crippen LogP contribution in [0.25, 0.3) is 0 Å². The molecule has 0 aromatic carbocycles. The van der Waals surface area contributed by atoms with E-state index in [1.165, 1.54) is 7.11 Å². The molecule has 2 N–H and O–H groups in total. The maximum absolute atomic E-state index is 12.5. The van der Waals surface area contributed by atoms with Crippen LogP contribution < -0.4 is 5.32 Å². The summed E-state index contributed by atoms with van der Waals surface area (Å²) in [6, 6.07) is 0. The fourth-order valence-corrected chi connectivity index (χ4v) is 4.66. The van der Waals surface area contributed by atoms with E-state index in [4.69, 9.17) is 13.6 Å². The van der Waals surface area contributed by atoms with Gasteiger partial charge >= 0.3 is 14.1 Å². The number of esters is 1. The van der Waals surface area contributed by atoms with Gasteiger partial charge in [-0.3, -0.25) is 14.4 Å². The molecular weight excluding hydrogens is 409 g/mol. The van der Waals surface area contributed by atoms with Gasteiger partial charge in [0, 0.05) is 23.1 Å². The van der Waals surface area contributed by atoms with Crippen molar-refractivity contribution in [3.8, 4) is 0 Å². The maximum Gasteiger partial charge on any atom is 0.573 e. The predicted molar refractivity (Wildman–Crippen MR) is 106 cm³/mol. The number of ether oxygens (including phenoxy) is 1. The number of hydrogen-bond donors (Lipinski definition) is 2. The molecule has 0 aromatic rings. The molecule has 1 amide bonds. The van der Waals surface area contributed by atoms with Crippen LogP contribution in [0.15, 0.2) is 0 Å². The Morgan fingerprint density at radius 3 is 2.54 bits per heavy atom. The first-order chi connectivity index (χ1) is 12.8. The van der Waals surface area contributed by atoms with Gasteiger partial charge < -0.3 is 10.1 Å². The Morgan fingerprint density at radius 1 is 1.32 bits per heavy atom. The van der Waals surface area contributed by atoms with Crippen molar-refractivity contribution in [1.82, 2.24) is 5.32 Å². The van der Waals surface area contributed by atoms with E-state index in [9.17, 15) is 19.3 Å². The van der Waals surface area contributed by atoms with Gasteiger partial charge in [0.25, 0.3) is 5.91 Å². The Labute approximate surface area is 170 Å². The zero-order chi connectivity index (χ0) is 21.6. The fraction of sp³-hybridized carbons (Fsp3) is 0.824. The van der Waals surface area contributed by atoms with Crippen molar-refractivity contribution in [2.75, 3.05) is 32.6 Å².